The van der Waals surface area contributed by atoms with Gasteiger partial charge in [0.05, 0.1) is 5.75 Å². The quantitative estimate of drug-likeness (QED) is 0.723. The number of carbonyl (C=O) groups is 1. The molecule has 0 fully saturated rings. The summed E-state index contributed by atoms with van der Waals surface area (Å²) in [5, 5.41) is 12.0. The molecule has 1 N–H and O–H groups in total. The zero-order chi connectivity index (χ0) is 16.9. The van der Waals surface area contributed by atoms with Crippen LogP contribution < -0.4 is 5.32 Å². The Morgan fingerprint density at radius 3 is 2.54 bits per heavy atom. The first kappa shape index (κ1) is 16.3. The van der Waals surface area contributed by atoms with Gasteiger partial charge < -0.3 is 9.88 Å². The standard InChI is InChI=1S/C18H18N4OS/c1-13-8-6-7-11-15(13)19-16(23)12-24-18-21-20-17(22(18)2)14-9-4-3-5-10-14/h3-11H,12H2,1-2H3,(H,19,23). The summed E-state index contributed by atoms with van der Waals surface area (Å²) in [5.74, 6) is 1.02. The second-order valence-corrected chi connectivity index (χ2v) is 6.33. The third-order valence-electron chi connectivity index (χ3n) is 3.62. The first-order valence-electron chi connectivity index (χ1n) is 7.58. The SMILES string of the molecule is Cc1ccccc1NC(=O)CSc1nnc(-c2ccccc2)n1C. The molecular formula is C18H18N4OS. The highest BCUT2D eigenvalue weighted by Crippen LogP contribution is 2.22. The van der Waals surface area contributed by atoms with Gasteiger partial charge in [-0.15, -0.1) is 10.2 Å². The molecule has 122 valence electrons. The van der Waals surface area contributed by atoms with Crippen LogP contribution in [0.3, 0.4) is 0 Å². The van der Waals surface area contributed by atoms with Gasteiger partial charge >= 0.3 is 0 Å². The average molecular weight is 338 g/mol. The highest BCUT2D eigenvalue weighted by molar-refractivity contribution is 7.99. The van der Waals surface area contributed by atoms with Crippen molar-refractivity contribution in [3.05, 3.63) is 60.2 Å². The number of aryl methyl sites for hydroxylation is 1. The molecule has 2 aromatic carbocycles. The number of hydrogen-bond donors (Lipinski definition) is 1. The maximum absolute atomic E-state index is 12.1. The van der Waals surface area contributed by atoms with Crippen molar-refractivity contribution < 1.29 is 4.79 Å². The Balaban J connectivity index is 1.64. The van der Waals surface area contributed by atoms with Crippen molar-refractivity contribution in [1.29, 1.82) is 0 Å². The Hall–Kier alpha value is -2.60. The van der Waals surface area contributed by atoms with E-state index in [1.807, 2.05) is 73.1 Å². The van der Waals surface area contributed by atoms with Crippen molar-refractivity contribution in [2.24, 2.45) is 7.05 Å². The van der Waals surface area contributed by atoms with Crippen LogP contribution in [0.5, 0.6) is 0 Å². The number of carbonyl (C=O) groups excluding carboxylic acids is 1. The maximum atomic E-state index is 12.1. The van der Waals surface area contributed by atoms with Gasteiger partial charge in [-0.1, -0.05) is 60.3 Å². The van der Waals surface area contributed by atoms with Gasteiger partial charge in [0.25, 0.3) is 0 Å². The molecule has 6 heteroatoms. The van der Waals surface area contributed by atoms with E-state index < -0.39 is 0 Å². The zero-order valence-corrected chi connectivity index (χ0v) is 14.4. The van der Waals surface area contributed by atoms with Crippen molar-refractivity contribution in [2.75, 3.05) is 11.1 Å². The fraction of sp³-hybridized carbons (Fsp3) is 0.167. The lowest BCUT2D eigenvalue weighted by atomic mass is 10.2. The van der Waals surface area contributed by atoms with Crippen molar-refractivity contribution in [1.82, 2.24) is 14.8 Å². The fourth-order valence-electron chi connectivity index (χ4n) is 2.31. The van der Waals surface area contributed by atoms with Crippen LogP contribution in [0, 0.1) is 6.92 Å². The fourth-order valence-corrected chi connectivity index (χ4v) is 3.02. The van der Waals surface area contributed by atoms with Crippen LogP contribution in [0.25, 0.3) is 11.4 Å². The summed E-state index contributed by atoms with van der Waals surface area (Å²) in [5.41, 5.74) is 2.88. The summed E-state index contributed by atoms with van der Waals surface area (Å²) in [6, 6.07) is 17.6. The van der Waals surface area contributed by atoms with E-state index in [0.717, 1.165) is 22.6 Å². The summed E-state index contributed by atoms with van der Waals surface area (Å²) >= 11 is 1.37. The summed E-state index contributed by atoms with van der Waals surface area (Å²) in [6.45, 7) is 1.97. The largest absolute Gasteiger partial charge is 0.325 e. The van der Waals surface area contributed by atoms with Crippen LogP contribution in [0.4, 0.5) is 5.69 Å². The van der Waals surface area contributed by atoms with Gasteiger partial charge in [-0.3, -0.25) is 4.79 Å². The van der Waals surface area contributed by atoms with Crippen molar-refractivity contribution in [3.8, 4) is 11.4 Å². The molecule has 0 unspecified atom stereocenters. The molecule has 0 saturated heterocycles. The van der Waals surface area contributed by atoms with E-state index in [1.54, 1.807) is 0 Å². The summed E-state index contributed by atoms with van der Waals surface area (Å²) < 4.78 is 1.90. The van der Waals surface area contributed by atoms with E-state index in [-0.39, 0.29) is 11.7 Å². The molecule has 3 aromatic rings. The predicted octanol–water partition coefficient (Wildman–Crippen LogP) is 3.52. The monoisotopic (exact) mass is 338 g/mol. The number of para-hydroxylation sites is 1. The van der Waals surface area contributed by atoms with E-state index in [4.69, 9.17) is 0 Å². The minimum atomic E-state index is -0.0569. The van der Waals surface area contributed by atoms with Gasteiger partial charge in [-0.25, -0.2) is 0 Å². The number of hydrogen-bond acceptors (Lipinski definition) is 4. The van der Waals surface area contributed by atoms with Crippen LogP contribution in [0.2, 0.25) is 0 Å². The van der Waals surface area contributed by atoms with E-state index in [2.05, 4.69) is 15.5 Å². The van der Waals surface area contributed by atoms with Gasteiger partial charge in [0.2, 0.25) is 5.91 Å². The van der Waals surface area contributed by atoms with Crippen molar-refractivity contribution >= 4 is 23.4 Å². The normalized spacial score (nSPS) is 10.6. The third kappa shape index (κ3) is 3.65. The average Bonchev–Trinajstić information content (AvgIpc) is 2.97. The second kappa shape index (κ2) is 7.31. The molecule has 5 nitrogen and oxygen atoms in total. The number of anilines is 1. The van der Waals surface area contributed by atoms with Crippen LogP contribution >= 0.6 is 11.8 Å². The third-order valence-corrected chi connectivity index (χ3v) is 4.64. The lowest BCUT2D eigenvalue weighted by Gasteiger charge is -2.08. The minimum Gasteiger partial charge on any atom is -0.325 e. The Morgan fingerprint density at radius 2 is 1.79 bits per heavy atom. The van der Waals surface area contributed by atoms with Gasteiger partial charge in [-0.2, -0.15) is 0 Å². The predicted molar refractivity (Wildman–Crippen MR) is 97.0 cm³/mol. The topological polar surface area (TPSA) is 59.8 Å². The van der Waals surface area contributed by atoms with Crippen molar-refractivity contribution in [2.45, 2.75) is 12.1 Å². The first-order valence-corrected chi connectivity index (χ1v) is 8.57. The molecular weight excluding hydrogens is 320 g/mol. The molecule has 0 atom stereocenters. The highest BCUT2D eigenvalue weighted by Gasteiger charge is 2.13. The van der Waals surface area contributed by atoms with Crippen LogP contribution in [0.15, 0.2) is 59.8 Å². The smallest absolute Gasteiger partial charge is 0.234 e. The first-order chi connectivity index (χ1) is 11.6. The molecule has 1 aromatic heterocycles. The molecule has 1 heterocycles. The molecule has 0 aliphatic carbocycles. The number of rotatable bonds is 5. The van der Waals surface area contributed by atoms with E-state index in [1.165, 1.54) is 11.8 Å². The zero-order valence-electron chi connectivity index (χ0n) is 13.6. The second-order valence-electron chi connectivity index (χ2n) is 5.38. The van der Waals surface area contributed by atoms with Crippen LogP contribution in [-0.2, 0) is 11.8 Å². The Kier molecular flexibility index (Phi) is 4.96. The number of thioether (sulfide) groups is 1. The van der Waals surface area contributed by atoms with Crippen molar-refractivity contribution in [3.63, 3.8) is 0 Å². The van der Waals surface area contributed by atoms with Crippen LogP contribution in [0.1, 0.15) is 5.56 Å². The number of amides is 1. The molecule has 3 rings (SSSR count). The summed E-state index contributed by atoms with van der Waals surface area (Å²) in [6.07, 6.45) is 0. The Labute approximate surface area is 145 Å². The Morgan fingerprint density at radius 1 is 1.08 bits per heavy atom. The molecule has 0 radical (unpaired) electrons. The number of nitrogens with one attached hydrogen (secondary N) is 1. The van der Waals surface area contributed by atoms with Crippen LogP contribution in [-0.4, -0.2) is 26.4 Å². The molecule has 0 bridgehead atoms. The van der Waals surface area contributed by atoms with E-state index in [9.17, 15) is 4.79 Å². The molecule has 0 aliphatic rings. The van der Waals surface area contributed by atoms with Gasteiger partial charge in [0, 0.05) is 18.3 Å². The van der Waals surface area contributed by atoms with Gasteiger partial charge in [0.1, 0.15) is 0 Å². The molecule has 1 amide bonds. The lowest BCUT2D eigenvalue weighted by Crippen LogP contribution is -2.15. The number of nitrogens with zero attached hydrogens (tertiary/aromatic N) is 3. The maximum Gasteiger partial charge on any atom is 0.234 e. The molecule has 24 heavy (non-hydrogen) atoms. The van der Waals surface area contributed by atoms with Gasteiger partial charge in [0.15, 0.2) is 11.0 Å². The molecule has 0 saturated carbocycles. The number of benzene rings is 2. The summed E-state index contributed by atoms with van der Waals surface area (Å²) in [7, 11) is 1.91. The Bertz CT molecular complexity index is 845. The number of aromatic nitrogens is 3. The molecule has 0 spiro atoms. The van der Waals surface area contributed by atoms with E-state index in [0.29, 0.717) is 5.16 Å². The highest BCUT2D eigenvalue weighted by atomic mass is 32.2. The molecule has 0 aliphatic heterocycles. The summed E-state index contributed by atoms with van der Waals surface area (Å²) in [4.78, 5) is 12.1. The van der Waals surface area contributed by atoms with E-state index >= 15 is 0 Å². The minimum absolute atomic E-state index is 0.0569. The van der Waals surface area contributed by atoms with Gasteiger partial charge in [-0.05, 0) is 18.6 Å². The lowest BCUT2D eigenvalue weighted by molar-refractivity contribution is -0.113.